The van der Waals surface area contributed by atoms with E-state index >= 15 is 0 Å². The molecular formula is C15H30N2. The maximum absolute atomic E-state index is 3.50. The topological polar surface area (TPSA) is 15.3 Å². The zero-order valence-electron chi connectivity index (χ0n) is 11.8. The molecule has 0 bridgehead atoms. The molecule has 0 aromatic carbocycles. The standard InChI is InChI=1S/C15H30N2/c1-3-7-14(16-2)12-17-11-6-9-13-8-4-5-10-15(13)17/h13-16H,3-12H2,1-2H3/t13-,14?,15-/m1/s1. The molecule has 1 unspecified atom stereocenters. The quantitative estimate of drug-likeness (QED) is 0.792. The number of nitrogens with zero attached hydrogens (tertiary/aromatic N) is 1. The fraction of sp³-hybridized carbons (Fsp3) is 1.00. The van der Waals surface area contributed by atoms with Gasteiger partial charge in [0.1, 0.15) is 0 Å². The van der Waals surface area contributed by atoms with E-state index in [0.29, 0.717) is 6.04 Å². The summed E-state index contributed by atoms with van der Waals surface area (Å²) in [6.45, 7) is 4.93. The molecule has 0 aromatic heterocycles. The first-order valence-electron chi connectivity index (χ1n) is 7.76. The second-order valence-corrected chi connectivity index (χ2v) is 6.02. The molecule has 17 heavy (non-hydrogen) atoms. The van der Waals surface area contributed by atoms with Gasteiger partial charge in [0, 0.05) is 18.6 Å². The summed E-state index contributed by atoms with van der Waals surface area (Å²) in [6.07, 6.45) is 11.5. The lowest BCUT2D eigenvalue weighted by atomic mass is 9.78. The lowest BCUT2D eigenvalue weighted by Gasteiger charge is -2.45. The van der Waals surface area contributed by atoms with E-state index in [1.807, 2.05) is 0 Å². The van der Waals surface area contributed by atoms with E-state index in [2.05, 4.69) is 24.2 Å². The normalized spacial score (nSPS) is 32.1. The maximum atomic E-state index is 3.50. The highest BCUT2D eigenvalue weighted by Gasteiger charge is 2.33. The van der Waals surface area contributed by atoms with Crippen molar-refractivity contribution in [2.75, 3.05) is 20.1 Å². The third-order valence-electron chi connectivity index (χ3n) is 4.86. The van der Waals surface area contributed by atoms with Crippen molar-refractivity contribution in [2.24, 2.45) is 5.92 Å². The summed E-state index contributed by atoms with van der Waals surface area (Å²) in [4.78, 5) is 2.81. The summed E-state index contributed by atoms with van der Waals surface area (Å²) >= 11 is 0. The molecule has 2 fully saturated rings. The first kappa shape index (κ1) is 13.4. The van der Waals surface area contributed by atoms with Gasteiger partial charge in [-0.25, -0.2) is 0 Å². The zero-order valence-corrected chi connectivity index (χ0v) is 11.8. The molecule has 3 atom stereocenters. The Morgan fingerprint density at radius 3 is 2.71 bits per heavy atom. The predicted molar refractivity (Wildman–Crippen MR) is 74.3 cm³/mol. The van der Waals surface area contributed by atoms with Gasteiger partial charge in [-0.1, -0.05) is 26.2 Å². The van der Waals surface area contributed by atoms with Crippen LogP contribution >= 0.6 is 0 Å². The average Bonchev–Trinajstić information content (AvgIpc) is 2.38. The number of hydrogen-bond donors (Lipinski definition) is 1. The molecule has 1 aliphatic carbocycles. The Kier molecular flexibility index (Phi) is 5.30. The molecular weight excluding hydrogens is 208 g/mol. The van der Waals surface area contributed by atoms with Crippen LogP contribution in [0, 0.1) is 5.92 Å². The minimum Gasteiger partial charge on any atom is -0.316 e. The molecule has 2 nitrogen and oxygen atoms in total. The number of piperidine rings is 1. The highest BCUT2D eigenvalue weighted by Crippen LogP contribution is 2.35. The molecule has 2 heteroatoms. The van der Waals surface area contributed by atoms with Crippen LogP contribution in [0.2, 0.25) is 0 Å². The zero-order chi connectivity index (χ0) is 12.1. The van der Waals surface area contributed by atoms with Gasteiger partial charge in [0.2, 0.25) is 0 Å². The third kappa shape index (κ3) is 3.45. The molecule has 2 aliphatic rings. The molecule has 0 spiro atoms. The molecule has 0 aromatic rings. The number of fused-ring (bicyclic) bond motifs is 1. The van der Waals surface area contributed by atoms with Crippen molar-refractivity contribution >= 4 is 0 Å². The molecule has 0 radical (unpaired) electrons. The molecule has 1 N–H and O–H groups in total. The van der Waals surface area contributed by atoms with Crippen molar-refractivity contribution < 1.29 is 0 Å². The Labute approximate surface area is 107 Å². The van der Waals surface area contributed by atoms with E-state index in [9.17, 15) is 0 Å². The van der Waals surface area contributed by atoms with Gasteiger partial charge in [0.25, 0.3) is 0 Å². The molecule has 0 amide bonds. The summed E-state index contributed by atoms with van der Waals surface area (Å²) in [7, 11) is 2.13. The van der Waals surface area contributed by atoms with Crippen molar-refractivity contribution in [2.45, 2.75) is 70.4 Å². The summed E-state index contributed by atoms with van der Waals surface area (Å²) in [5.74, 6) is 1.02. The third-order valence-corrected chi connectivity index (χ3v) is 4.86. The Balaban J connectivity index is 1.89. The van der Waals surface area contributed by atoms with Crippen LogP contribution in [-0.2, 0) is 0 Å². The van der Waals surface area contributed by atoms with E-state index in [4.69, 9.17) is 0 Å². The number of likely N-dealkylation sites (N-methyl/N-ethyl adjacent to an activating group) is 1. The monoisotopic (exact) mass is 238 g/mol. The molecule has 1 heterocycles. The highest BCUT2D eigenvalue weighted by atomic mass is 15.2. The van der Waals surface area contributed by atoms with Crippen molar-refractivity contribution in [3.05, 3.63) is 0 Å². The fourth-order valence-corrected chi connectivity index (χ4v) is 3.91. The Morgan fingerprint density at radius 2 is 1.94 bits per heavy atom. The van der Waals surface area contributed by atoms with E-state index in [1.165, 1.54) is 64.5 Å². The van der Waals surface area contributed by atoms with Crippen molar-refractivity contribution in [1.29, 1.82) is 0 Å². The Bertz CT molecular complexity index is 215. The van der Waals surface area contributed by atoms with Crippen LogP contribution in [0.5, 0.6) is 0 Å². The van der Waals surface area contributed by atoms with Crippen molar-refractivity contribution in [3.63, 3.8) is 0 Å². The first-order chi connectivity index (χ1) is 8.35. The van der Waals surface area contributed by atoms with Gasteiger partial charge in [-0.2, -0.15) is 0 Å². The van der Waals surface area contributed by atoms with Crippen LogP contribution in [-0.4, -0.2) is 37.1 Å². The van der Waals surface area contributed by atoms with Gasteiger partial charge >= 0.3 is 0 Å². The molecule has 1 saturated carbocycles. The van der Waals surface area contributed by atoms with Gasteiger partial charge < -0.3 is 5.32 Å². The SMILES string of the molecule is CCCC(CN1CCC[C@H]2CCCC[C@H]21)NC. The average molecular weight is 238 g/mol. The van der Waals surface area contributed by atoms with Gasteiger partial charge in [0.05, 0.1) is 0 Å². The smallest absolute Gasteiger partial charge is 0.0192 e. The van der Waals surface area contributed by atoms with E-state index < -0.39 is 0 Å². The van der Waals surface area contributed by atoms with Gasteiger partial charge in [-0.15, -0.1) is 0 Å². The van der Waals surface area contributed by atoms with Gasteiger partial charge in [-0.05, 0) is 51.6 Å². The maximum Gasteiger partial charge on any atom is 0.0192 e. The minimum atomic E-state index is 0.709. The first-order valence-corrected chi connectivity index (χ1v) is 7.76. The largest absolute Gasteiger partial charge is 0.316 e. The fourth-order valence-electron chi connectivity index (χ4n) is 3.91. The van der Waals surface area contributed by atoms with Crippen LogP contribution in [0.15, 0.2) is 0 Å². The number of hydrogen-bond acceptors (Lipinski definition) is 2. The van der Waals surface area contributed by atoms with Crippen molar-refractivity contribution in [3.8, 4) is 0 Å². The van der Waals surface area contributed by atoms with Crippen LogP contribution in [0.3, 0.4) is 0 Å². The van der Waals surface area contributed by atoms with E-state index in [1.54, 1.807) is 0 Å². The molecule has 1 aliphatic heterocycles. The van der Waals surface area contributed by atoms with Crippen LogP contribution in [0.1, 0.15) is 58.3 Å². The minimum absolute atomic E-state index is 0.709. The number of rotatable bonds is 5. The van der Waals surface area contributed by atoms with Gasteiger partial charge in [-0.3, -0.25) is 4.90 Å². The summed E-state index contributed by atoms with van der Waals surface area (Å²) in [6, 6.07) is 1.63. The molecule has 1 saturated heterocycles. The number of likely N-dealkylation sites (tertiary alicyclic amines) is 1. The number of nitrogens with one attached hydrogen (secondary N) is 1. The second kappa shape index (κ2) is 6.75. The van der Waals surface area contributed by atoms with Crippen LogP contribution in [0.25, 0.3) is 0 Å². The Hall–Kier alpha value is -0.0800. The summed E-state index contributed by atoms with van der Waals surface area (Å²) < 4.78 is 0. The second-order valence-electron chi connectivity index (χ2n) is 6.02. The summed E-state index contributed by atoms with van der Waals surface area (Å²) in [5, 5.41) is 3.50. The lowest BCUT2D eigenvalue weighted by molar-refractivity contribution is 0.0528. The summed E-state index contributed by atoms with van der Waals surface area (Å²) in [5.41, 5.74) is 0. The van der Waals surface area contributed by atoms with E-state index in [-0.39, 0.29) is 0 Å². The predicted octanol–water partition coefficient (Wildman–Crippen LogP) is 3.03. The highest BCUT2D eigenvalue weighted by molar-refractivity contribution is 4.88. The van der Waals surface area contributed by atoms with Gasteiger partial charge in [0.15, 0.2) is 0 Å². The van der Waals surface area contributed by atoms with Crippen LogP contribution in [0.4, 0.5) is 0 Å². The van der Waals surface area contributed by atoms with E-state index in [0.717, 1.165) is 12.0 Å². The Morgan fingerprint density at radius 1 is 1.18 bits per heavy atom. The lowest BCUT2D eigenvalue weighted by Crippen LogP contribution is -2.51. The molecule has 2 rings (SSSR count). The van der Waals surface area contributed by atoms with Crippen LogP contribution < -0.4 is 5.32 Å². The molecule has 100 valence electrons. The van der Waals surface area contributed by atoms with Crippen molar-refractivity contribution in [1.82, 2.24) is 10.2 Å².